The van der Waals surface area contributed by atoms with E-state index in [1.54, 1.807) is 18.3 Å². The van der Waals surface area contributed by atoms with Crippen LogP contribution in [-0.4, -0.2) is 25.7 Å². The summed E-state index contributed by atoms with van der Waals surface area (Å²) >= 11 is 5.97. The molecule has 0 saturated heterocycles. The Morgan fingerprint density at radius 1 is 1.26 bits per heavy atom. The molecule has 3 aromatic heterocycles. The Morgan fingerprint density at radius 2 is 2.04 bits per heavy atom. The van der Waals surface area contributed by atoms with Crippen LogP contribution in [0.25, 0.3) is 11.1 Å². The number of anilines is 1. The van der Waals surface area contributed by atoms with Crippen molar-refractivity contribution in [3.05, 3.63) is 59.4 Å². The number of nitrogens with zero attached hydrogens (tertiary/aromatic N) is 4. The largest absolute Gasteiger partial charge is 0.433 e. The van der Waals surface area contributed by atoms with Crippen molar-refractivity contribution in [1.82, 2.24) is 19.7 Å². The number of amides is 1. The van der Waals surface area contributed by atoms with E-state index in [0.717, 1.165) is 6.07 Å². The lowest BCUT2D eigenvalue weighted by atomic mass is 10.1. The van der Waals surface area contributed by atoms with Crippen LogP contribution in [0.3, 0.4) is 0 Å². The molecule has 0 fully saturated rings. The Labute approximate surface area is 157 Å². The number of aryl methyl sites for hydroxylation is 1. The van der Waals surface area contributed by atoms with Crippen molar-refractivity contribution in [1.29, 1.82) is 0 Å². The standard InChI is InChI=1S/C17H13ClF3N5O/c1-2-26-9-12(11-5-6-13(17(19,20)21)24-15(11)18)14(25-26)16(27)23-10-4-3-7-22-8-10/h3-9H,2H2,1H3,(H,23,27). The van der Waals surface area contributed by atoms with Gasteiger partial charge in [0, 0.05) is 30.1 Å². The first kappa shape index (κ1) is 18.8. The second-order valence-electron chi connectivity index (χ2n) is 5.48. The fourth-order valence-corrected chi connectivity index (χ4v) is 2.62. The normalized spacial score (nSPS) is 11.4. The molecule has 140 valence electrons. The molecule has 1 N–H and O–H groups in total. The maximum Gasteiger partial charge on any atom is 0.433 e. The van der Waals surface area contributed by atoms with Gasteiger partial charge in [0.25, 0.3) is 5.91 Å². The third-order valence-electron chi connectivity index (χ3n) is 3.65. The van der Waals surface area contributed by atoms with E-state index >= 15 is 0 Å². The number of aromatic nitrogens is 4. The van der Waals surface area contributed by atoms with Crippen LogP contribution in [0, 0.1) is 0 Å². The molecule has 0 radical (unpaired) electrons. The molecule has 27 heavy (non-hydrogen) atoms. The highest BCUT2D eigenvalue weighted by Crippen LogP contribution is 2.34. The highest BCUT2D eigenvalue weighted by atomic mass is 35.5. The van der Waals surface area contributed by atoms with Gasteiger partial charge in [-0.2, -0.15) is 18.3 Å². The van der Waals surface area contributed by atoms with E-state index in [1.807, 2.05) is 6.92 Å². The smallest absolute Gasteiger partial charge is 0.319 e. The molecule has 10 heteroatoms. The summed E-state index contributed by atoms with van der Waals surface area (Å²) in [7, 11) is 0. The van der Waals surface area contributed by atoms with E-state index in [9.17, 15) is 18.0 Å². The van der Waals surface area contributed by atoms with Crippen LogP contribution in [0.2, 0.25) is 5.15 Å². The molecule has 0 aliphatic rings. The van der Waals surface area contributed by atoms with Gasteiger partial charge in [-0.05, 0) is 31.2 Å². The first-order valence-corrected chi connectivity index (χ1v) is 8.20. The first-order valence-electron chi connectivity index (χ1n) is 7.82. The number of rotatable bonds is 4. The Balaban J connectivity index is 2.01. The Morgan fingerprint density at radius 3 is 2.63 bits per heavy atom. The van der Waals surface area contributed by atoms with Gasteiger partial charge in [-0.1, -0.05) is 11.6 Å². The van der Waals surface area contributed by atoms with Gasteiger partial charge >= 0.3 is 6.18 Å². The van der Waals surface area contributed by atoms with Gasteiger partial charge in [0.05, 0.1) is 11.9 Å². The molecule has 3 aromatic rings. The van der Waals surface area contributed by atoms with Crippen molar-refractivity contribution < 1.29 is 18.0 Å². The molecule has 0 aliphatic heterocycles. The molecule has 1 amide bonds. The number of halogens is 4. The van der Waals surface area contributed by atoms with Crippen LogP contribution in [0.4, 0.5) is 18.9 Å². The molecule has 0 aromatic carbocycles. The summed E-state index contributed by atoms with van der Waals surface area (Å²) in [6, 6.07) is 5.29. The number of carbonyl (C=O) groups excluding carboxylic acids is 1. The minimum atomic E-state index is -4.61. The van der Waals surface area contributed by atoms with Crippen LogP contribution in [0.15, 0.2) is 42.9 Å². The quantitative estimate of drug-likeness (QED) is 0.669. The molecule has 6 nitrogen and oxygen atoms in total. The van der Waals surface area contributed by atoms with E-state index < -0.39 is 17.8 Å². The molecule has 0 aliphatic carbocycles. The van der Waals surface area contributed by atoms with E-state index in [4.69, 9.17) is 11.6 Å². The molecule has 0 unspecified atom stereocenters. The van der Waals surface area contributed by atoms with Crippen molar-refractivity contribution >= 4 is 23.2 Å². The van der Waals surface area contributed by atoms with Gasteiger partial charge in [0.1, 0.15) is 10.8 Å². The molecular weight excluding hydrogens is 383 g/mol. The zero-order valence-corrected chi connectivity index (χ0v) is 14.7. The van der Waals surface area contributed by atoms with Gasteiger partial charge in [0.15, 0.2) is 5.69 Å². The lowest BCUT2D eigenvalue weighted by Gasteiger charge is -2.09. The summed E-state index contributed by atoms with van der Waals surface area (Å²) in [4.78, 5) is 19.9. The summed E-state index contributed by atoms with van der Waals surface area (Å²) in [5.41, 5.74) is -0.175. The number of nitrogens with one attached hydrogen (secondary N) is 1. The Kier molecular flexibility index (Phi) is 5.13. The van der Waals surface area contributed by atoms with E-state index in [0.29, 0.717) is 12.2 Å². The van der Waals surface area contributed by atoms with Crippen LogP contribution >= 0.6 is 11.6 Å². The number of alkyl halides is 3. The van der Waals surface area contributed by atoms with Gasteiger partial charge < -0.3 is 5.32 Å². The van der Waals surface area contributed by atoms with Gasteiger partial charge in [0.2, 0.25) is 0 Å². The monoisotopic (exact) mass is 395 g/mol. The summed E-state index contributed by atoms with van der Waals surface area (Å²) < 4.78 is 39.9. The third kappa shape index (κ3) is 4.08. The van der Waals surface area contributed by atoms with Crippen LogP contribution in [0.1, 0.15) is 23.1 Å². The van der Waals surface area contributed by atoms with E-state index in [-0.39, 0.29) is 22.0 Å². The topological polar surface area (TPSA) is 72.7 Å². The van der Waals surface area contributed by atoms with Crippen LogP contribution in [0.5, 0.6) is 0 Å². The average molecular weight is 396 g/mol. The molecule has 0 bridgehead atoms. The maximum atomic E-state index is 12.8. The molecule has 3 rings (SSSR count). The summed E-state index contributed by atoms with van der Waals surface area (Å²) in [5.74, 6) is -0.541. The SMILES string of the molecule is CCn1cc(-c2ccc(C(F)(F)F)nc2Cl)c(C(=O)Nc2cccnc2)n1. The predicted molar refractivity (Wildman–Crippen MR) is 93.3 cm³/mol. The van der Waals surface area contributed by atoms with Crippen molar-refractivity contribution in [3.8, 4) is 11.1 Å². The van der Waals surface area contributed by atoms with Gasteiger partial charge in [-0.15, -0.1) is 0 Å². The minimum Gasteiger partial charge on any atom is -0.319 e. The first-order chi connectivity index (χ1) is 12.8. The molecule has 0 spiro atoms. The zero-order valence-electron chi connectivity index (χ0n) is 14.0. The van der Waals surface area contributed by atoms with E-state index in [2.05, 4.69) is 20.4 Å². The lowest BCUT2D eigenvalue weighted by molar-refractivity contribution is -0.141. The zero-order chi connectivity index (χ0) is 19.6. The van der Waals surface area contributed by atoms with Crippen molar-refractivity contribution in [2.75, 3.05) is 5.32 Å². The number of pyridine rings is 2. The number of carbonyl (C=O) groups is 1. The van der Waals surface area contributed by atoms with Crippen molar-refractivity contribution in [2.24, 2.45) is 0 Å². The highest BCUT2D eigenvalue weighted by Gasteiger charge is 2.33. The van der Waals surface area contributed by atoms with Crippen molar-refractivity contribution in [3.63, 3.8) is 0 Å². The second kappa shape index (κ2) is 7.36. The van der Waals surface area contributed by atoms with Gasteiger partial charge in [-0.3, -0.25) is 14.5 Å². The maximum absolute atomic E-state index is 12.8. The number of hydrogen-bond donors (Lipinski definition) is 1. The fourth-order valence-electron chi connectivity index (χ4n) is 2.37. The number of hydrogen-bond acceptors (Lipinski definition) is 4. The summed E-state index contributed by atoms with van der Waals surface area (Å²) in [5, 5.41) is 6.46. The lowest BCUT2D eigenvalue weighted by Crippen LogP contribution is -2.14. The summed E-state index contributed by atoms with van der Waals surface area (Å²) in [6.07, 6.45) is -0.0633. The Hall–Kier alpha value is -2.94. The van der Waals surface area contributed by atoms with Crippen LogP contribution < -0.4 is 5.32 Å². The predicted octanol–water partition coefficient (Wildman–Crippen LogP) is 4.28. The fraction of sp³-hybridized carbons (Fsp3) is 0.176. The molecular formula is C17H13ClF3N5O. The molecule has 3 heterocycles. The Bertz CT molecular complexity index is 972. The van der Waals surface area contributed by atoms with Crippen LogP contribution in [-0.2, 0) is 12.7 Å². The van der Waals surface area contributed by atoms with Gasteiger partial charge in [-0.25, -0.2) is 4.98 Å². The minimum absolute atomic E-state index is 0.0177. The summed E-state index contributed by atoms with van der Waals surface area (Å²) in [6.45, 7) is 2.27. The second-order valence-corrected chi connectivity index (χ2v) is 5.83. The third-order valence-corrected chi connectivity index (χ3v) is 3.94. The molecule has 0 saturated carbocycles. The molecule has 0 atom stereocenters. The highest BCUT2D eigenvalue weighted by molar-refractivity contribution is 6.32. The van der Waals surface area contributed by atoms with E-state index in [1.165, 1.54) is 23.1 Å². The average Bonchev–Trinajstić information content (AvgIpc) is 3.06. The van der Waals surface area contributed by atoms with Crippen molar-refractivity contribution in [2.45, 2.75) is 19.6 Å².